The van der Waals surface area contributed by atoms with Gasteiger partial charge in [-0.15, -0.1) is 0 Å². The van der Waals surface area contributed by atoms with Crippen molar-refractivity contribution in [3.05, 3.63) is 28.3 Å². The smallest absolute Gasteiger partial charge is 0.241 e. The number of hydrogen-bond donors (Lipinski definition) is 2. The number of rotatable bonds is 5. The average molecular weight is 333 g/mol. The van der Waals surface area contributed by atoms with E-state index >= 15 is 0 Å². The molecule has 0 amide bonds. The Bertz CT molecular complexity index is 607. The van der Waals surface area contributed by atoms with Crippen molar-refractivity contribution >= 4 is 21.6 Å². The molecule has 0 fully saturated rings. The normalized spacial score (nSPS) is 14.2. The first-order valence-corrected chi connectivity index (χ1v) is 8.81. The molecule has 0 spiro atoms. The molecule has 1 atom stereocenters. The molecule has 0 aliphatic heterocycles. The second-order valence-electron chi connectivity index (χ2n) is 6.43. The van der Waals surface area contributed by atoms with Gasteiger partial charge in [-0.25, -0.2) is 13.1 Å². The van der Waals surface area contributed by atoms with Gasteiger partial charge in [0.05, 0.1) is 4.90 Å². The van der Waals surface area contributed by atoms with Gasteiger partial charge < -0.3 is 5.32 Å². The molecule has 0 saturated carbocycles. The third kappa shape index (κ3) is 4.68. The molecular formula is C15H25ClN2O2S. The molecule has 1 unspecified atom stereocenters. The third-order valence-corrected chi connectivity index (χ3v) is 5.61. The summed E-state index contributed by atoms with van der Waals surface area (Å²) in [5.41, 5.74) is 1.45. The first-order chi connectivity index (χ1) is 9.49. The van der Waals surface area contributed by atoms with Crippen LogP contribution in [0.1, 0.15) is 38.8 Å². The van der Waals surface area contributed by atoms with Crippen LogP contribution in [-0.2, 0) is 16.6 Å². The van der Waals surface area contributed by atoms with E-state index in [4.69, 9.17) is 11.6 Å². The van der Waals surface area contributed by atoms with Gasteiger partial charge in [-0.05, 0) is 49.6 Å². The zero-order valence-electron chi connectivity index (χ0n) is 13.5. The van der Waals surface area contributed by atoms with Crippen LogP contribution >= 0.6 is 11.6 Å². The molecule has 0 saturated heterocycles. The summed E-state index contributed by atoms with van der Waals surface area (Å²) in [5, 5.41) is 3.45. The van der Waals surface area contributed by atoms with Gasteiger partial charge in [0.2, 0.25) is 10.0 Å². The van der Waals surface area contributed by atoms with E-state index in [-0.39, 0.29) is 16.4 Å². The maximum Gasteiger partial charge on any atom is 0.241 e. The molecular weight excluding hydrogens is 308 g/mol. The maximum absolute atomic E-state index is 12.6. The Balaban J connectivity index is 3.26. The van der Waals surface area contributed by atoms with Gasteiger partial charge >= 0.3 is 0 Å². The Labute approximate surface area is 133 Å². The minimum Gasteiger partial charge on any atom is -0.316 e. The highest BCUT2D eigenvalue weighted by atomic mass is 35.5. The van der Waals surface area contributed by atoms with Crippen LogP contribution < -0.4 is 10.0 Å². The maximum atomic E-state index is 12.6. The first-order valence-electron chi connectivity index (χ1n) is 6.95. The quantitative estimate of drug-likeness (QED) is 0.871. The largest absolute Gasteiger partial charge is 0.316 e. The molecule has 4 nitrogen and oxygen atoms in total. The zero-order chi connectivity index (χ0) is 16.4. The Morgan fingerprint density at radius 3 is 2.33 bits per heavy atom. The number of benzene rings is 1. The zero-order valence-corrected chi connectivity index (χ0v) is 15.1. The van der Waals surface area contributed by atoms with Crippen LogP contribution in [0.4, 0.5) is 0 Å². The van der Waals surface area contributed by atoms with Crippen LogP contribution in [0.2, 0.25) is 5.02 Å². The molecule has 0 radical (unpaired) electrons. The van der Waals surface area contributed by atoms with E-state index in [1.165, 1.54) is 6.07 Å². The summed E-state index contributed by atoms with van der Waals surface area (Å²) in [6.07, 6.45) is 0. The lowest BCUT2D eigenvalue weighted by Crippen LogP contribution is -2.41. The van der Waals surface area contributed by atoms with E-state index in [0.29, 0.717) is 11.6 Å². The summed E-state index contributed by atoms with van der Waals surface area (Å²) in [6, 6.07) is 3.11. The van der Waals surface area contributed by atoms with Crippen LogP contribution in [0, 0.1) is 12.3 Å². The molecule has 1 rings (SSSR count). The van der Waals surface area contributed by atoms with Gasteiger partial charge in [-0.2, -0.15) is 0 Å². The summed E-state index contributed by atoms with van der Waals surface area (Å²) in [7, 11) is -1.78. The highest BCUT2D eigenvalue weighted by Gasteiger charge is 2.27. The molecule has 21 heavy (non-hydrogen) atoms. The second kappa shape index (κ2) is 6.65. The lowest BCUT2D eigenvalue weighted by atomic mass is 9.89. The Hall–Kier alpha value is -0.620. The van der Waals surface area contributed by atoms with Crippen LogP contribution in [-0.4, -0.2) is 21.5 Å². The number of hydrogen-bond acceptors (Lipinski definition) is 3. The number of halogens is 1. The van der Waals surface area contributed by atoms with E-state index in [0.717, 1.165) is 11.1 Å². The standard InChI is InChI=1S/C15H25ClN2O2S/c1-10-12(9-17-6)7-13(16)8-14(10)21(19,20)18-11(2)15(3,4)5/h7-8,11,17-18H,9H2,1-6H3. The Kier molecular flexibility index (Phi) is 5.83. The van der Waals surface area contributed by atoms with Crippen molar-refractivity contribution < 1.29 is 8.42 Å². The van der Waals surface area contributed by atoms with Crippen LogP contribution in [0.3, 0.4) is 0 Å². The molecule has 1 aromatic rings. The SMILES string of the molecule is CNCc1cc(Cl)cc(S(=O)(=O)NC(C)C(C)(C)C)c1C. The molecule has 0 heterocycles. The fraction of sp³-hybridized carbons (Fsp3) is 0.600. The van der Waals surface area contributed by atoms with Gasteiger partial charge in [0.1, 0.15) is 0 Å². The highest BCUT2D eigenvalue weighted by Crippen LogP contribution is 2.26. The van der Waals surface area contributed by atoms with E-state index in [2.05, 4.69) is 10.0 Å². The van der Waals surface area contributed by atoms with Crippen molar-refractivity contribution in [3.63, 3.8) is 0 Å². The molecule has 6 heteroatoms. The second-order valence-corrected chi connectivity index (χ2v) is 8.55. The number of sulfonamides is 1. The summed E-state index contributed by atoms with van der Waals surface area (Å²) >= 11 is 6.07. The molecule has 1 aromatic carbocycles. The Morgan fingerprint density at radius 2 is 1.86 bits per heavy atom. The molecule has 0 aliphatic carbocycles. The predicted octanol–water partition coefficient (Wildman–Crippen LogP) is 3.08. The molecule has 2 N–H and O–H groups in total. The first kappa shape index (κ1) is 18.4. The number of nitrogens with one attached hydrogen (secondary N) is 2. The lowest BCUT2D eigenvalue weighted by molar-refractivity contribution is 0.317. The van der Waals surface area contributed by atoms with Gasteiger partial charge in [-0.1, -0.05) is 32.4 Å². The van der Waals surface area contributed by atoms with Gasteiger partial charge in [0, 0.05) is 17.6 Å². The van der Waals surface area contributed by atoms with E-state index in [1.807, 2.05) is 34.7 Å². The van der Waals surface area contributed by atoms with Crippen LogP contribution in [0.5, 0.6) is 0 Å². The molecule has 0 bridgehead atoms. The monoisotopic (exact) mass is 332 g/mol. The van der Waals surface area contributed by atoms with Gasteiger partial charge in [0.25, 0.3) is 0 Å². The van der Waals surface area contributed by atoms with Crippen molar-refractivity contribution in [1.82, 2.24) is 10.0 Å². The molecule has 0 aliphatic rings. The summed E-state index contributed by atoms with van der Waals surface area (Å²) in [5.74, 6) is 0. The summed E-state index contributed by atoms with van der Waals surface area (Å²) in [6.45, 7) is 10.2. The predicted molar refractivity (Wildman–Crippen MR) is 88.2 cm³/mol. The topological polar surface area (TPSA) is 58.2 Å². The highest BCUT2D eigenvalue weighted by molar-refractivity contribution is 7.89. The Morgan fingerprint density at radius 1 is 1.29 bits per heavy atom. The minimum absolute atomic E-state index is 0.159. The van der Waals surface area contributed by atoms with Crippen LogP contribution in [0.25, 0.3) is 0 Å². The minimum atomic E-state index is -3.60. The van der Waals surface area contributed by atoms with E-state index < -0.39 is 10.0 Å². The van der Waals surface area contributed by atoms with E-state index in [9.17, 15) is 8.42 Å². The lowest BCUT2D eigenvalue weighted by Gasteiger charge is -2.28. The average Bonchev–Trinajstić information content (AvgIpc) is 2.31. The third-order valence-electron chi connectivity index (χ3n) is 3.72. The fourth-order valence-corrected chi connectivity index (χ4v) is 3.90. The van der Waals surface area contributed by atoms with E-state index in [1.54, 1.807) is 13.0 Å². The van der Waals surface area contributed by atoms with Crippen LogP contribution in [0.15, 0.2) is 17.0 Å². The van der Waals surface area contributed by atoms with Crippen molar-refractivity contribution in [3.8, 4) is 0 Å². The van der Waals surface area contributed by atoms with Gasteiger partial charge in [0.15, 0.2) is 0 Å². The summed E-state index contributed by atoms with van der Waals surface area (Å²) < 4.78 is 28.0. The van der Waals surface area contributed by atoms with Crippen molar-refractivity contribution in [2.24, 2.45) is 5.41 Å². The fourth-order valence-electron chi connectivity index (χ4n) is 1.83. The van der Waals surface area contributed by atoms with Gasteiger partial charge in [-0.3, -0.25) is 0 Å². The van der Waals surface area contributed by atoms with Crippen molar-refractivity contribution in [1.29, 1.82) is 0 Å². The molecule has 120 valence electrons. The van der Waals surface area contributed by atoms with Crippen molar-refractivity contribution in [2.75, 3.05) is 7.05 Å². The molecule has 0 aromatic heterocycles. The van der Waals surface area contributed by atoms with Crippen molar-refractivity contribution in [2.45, 2.75) is 52.1 Å². The summed E-state index contributed by atoms with van der Waals surface area (Å²) in [4.78, 5) is 0.247.